The van der Waals surface area contributed by atoms with Gasteiger partial charge >= 0.3 is 0 Å². The van der Waals surface area contributed by atoms with E-state index >= 15 is 0 Å². The molecule has 0 radical (unpaired) electrons. The molecule has 104 valence electrons. The summed E-state index contributed by atoms with van der Waals surface area (Å²) >= 11 is 0. The molecule has 6 nitrogen and oxygen atoms in total. The molecule has 1 aromatic rings. The van der Waals surface area contributed by atoms with Crippen molar-refractivity contribution >= 4 is 5.91 Å². The maximum atomic E-state index is 12.4. The number of carbonyl (C=O) groups is 1. The molecule has 0 bridgehead atoms. The van der Waals surface area contributed by atoms with Crippen molar-refractivity contribution in [3.8, 4) is 0 Å². The minimum atomic E-state index is 0.187. The van der Waals surface area contributed by atoms with Crippen LogP contribution in [-0.2, 0) is 11.3 Å². The van der Waals surface area contributed by atoms with Gasteiger partial charge in [0.25, 0.3) is 0 Å². The number of hydrogen-bond donors (Lipinski definition) is 1. The van der Waals surface area contributed by atoms with E-state index in [4.69, 9.17) is 0 Å². The lowest BCUT2D eigenvalue weighted by Gasteiger charge is -2.30. The predicted molar refractivity (Wildman–Crippen MR) is 70.4 cm³/mol. The number of nitrogens with zero attached hydrogens (tertiary/aromatic N) is 4. The fourth-order valence-electron chi connectivity index (χ4n) is 2.73. The lowest BCUT2D eigenvalue weighted by atomic mass is 9.97. The SMILES string of the molecule is O=C(Cn1ccnn1)N(CC1CCNCC1)C1CC1. The molecule has 6 heteroatoms. The number of hydrogen-bond acceptors (Lipinski definition) is 4. The Kier molecular flexibility index (Phi) is 3.77. The van der Waals surface area contributed by atoms with E-state index in [1.807, 2.05) is 0 Å². The summed E-state index contributed by atoms with van der Waals surface area (Å²) < 4.78 is 1.61. The molecular formula is C13H21N5O. The summed E-state index contributed by atoms with van der Waals surface area (Å²) in [5.41, 5.74) is 0. The third kappa shape index (κ3) is 3.32. The summed E-state index contributed by atoms with van der Waals surface area (Å²) in [5, 5.41) is 11.0. The highest BCUT2D eigenvalue weighted by Gasteiger charge is 2.34. The number of aromatic nitrogens is 3. The van der Waals surface area contributed by atoms with Crippen LogP contribution in [0.15, 0.2) is 12.4 Å². The first-order chi connectivity index (χ1) is 9.33. The molecule has 0 unspecified atom stereocenters. The molecule has 1 N–H and O–H groups in total. The van der Waals surface area contributed by atoms with E-state index in [1.54, 1.807) is 17.1 Å². The zero-order valence-electron chi connectivity index (χ0n) is 11.2. The highest BCUT2D eigenvalue weighted by molar-refractivity contribution is 5.76. The minimum absolute atomic E-state index is 0.187. The smallest absolute Gasteiger partial charge is 0.244 e. The molecule has 1 aromatic heterocycles. The van der Waals surface area contributed by atoms with Crippen molar-refractivity contribution in [3.63, 3.8) is 0 Å². The van der Waals surface area contributed by atoms with Gasteiger partial charge in [-0.2, -0.15) is 0 Å². The van der Waals surface area contributed by atoms with Gasteiger partial charge in [-0.15, -0.1) is 5.10 Å². The van der Waals surface area contributed by atoms with Crippen molar-refractivity contribution in [1.29, 1.82) is 0 Å². The Bertz CT molecular complexity index is 409. The van der Waals surface area contributed by atoms with Gasteiger partial charge in [-0.05, 0) is 44.7 Å². The Labute approximate surface area is 113 Å². The van der Waals surface area contributed by atoms with Crippen LogP contribution in [0.4, 0.5) is 0 Å². The van der Waals surface area contributed by atoms with Crippen LogP contribution in [0.3, 0.4) is 0 Å². The Hall–Kier alpha value is -1.43. The van der Waals surface area contributed by atoms with Crippen LogP contribution in [-0.4, -0.2) is 51.5 Å². The van der Waals surface area contributed by atoms with Gasteiger partial charge in [0.15, 0.2) is 0 Å². The summed E-state index contributed by atoms with van der Waals surface area (Å²) in [4.78, 5) is 14.5. The van der Waals surface area contributed by atoms with Crippen molar-refractivity contribution in [1.82, 2.24) is 25.2 Å². The molecule has 1 amide bonds. The predicted octanol–water partition coefficient (Wildman–Crippen LogP) is 0.269. The fraction of sp³-hybridized carbons (Fsp3) is 0.769. The molecule has 0 spiro atoms. The largest absolute Gasteiger partial charge is 0.338 e. The second-order valence-corrected chi connectivity index (χ2v) is 5.57. The monoisotopic (exact) mass is 263 g/mol. The molecule has 2 aliphatic rings. The van der Waals surface area contributed by atoms with E-state index in [1.165, 1.54) is 12.8 Å². The van der Waals surface area contributed by atoms with Crippen LogP contribution in [0.2, 0.25) is 0 Å². The van der Waals surface area contributed by atoms with E-state index in [9.17, 15) is 4.79 Å². The molecule has 0 atom stereocenters. The maximum absolute atomic E-state index is 12.4. The summed E-state index contributed by atoms with van der Waals surface area (Å²) in [6.45, 7) is 3.40. The quantitative estimate of drug-likeness (QED) is 0.828. The topological polar surface area (TPSA) is 63.1 Å². The van der Waals surface area contributed by atoms with E-state index in [0.717, 1.165) is 32.5 Å². The Morgan fingerprint density at radius 1 is 1.32 bits per heavy atom. The van der Waals surface area contributed by atoms with Gasteiger partial charge in [0, 0.05) is 18.8 Å². The summed E-state index contributed by atoms with van der Waals surface area (Å²) in [6, 6.07) is 0.478. The van der Waals surface area contributed by atoms with E-state index in [0.29, 0.717) is 18.5 Å². The first kappa shape index (κ1) is 12.6. The number of rotatable bonds is 5. The average Bonchev–Trinajstić information content (AvgIpc) is 3.15. The first-order valence-electron chi connectivity index (χ1n) is 7.17. The number of carbonyl (C=O) groups excluding carboxylic acids is 1. The zero-order chi connectivity index (χ0) is 13.1. The van der Waals surface area contributed by atoms with Crippen LogP contribution in [0, 0.1) is 5.92 Å². The van der Waals surface area contributed by atoms with E-state index in [-0.39, 0.29) is 5.91 Å². The Morgan fingerprint density at radius 2 is 2.11 bits per heavy atom. The third-order valence-electron chi connectivity index (χ3n) is 3.99. The van der Waals surface area contributed by atoms with Crippen molar-refractivity contribution in [2.24, 2.45) is 5.92 Å². The summed E-state index contributed by atoms with van der Waals surface area (Å²) in [7, 11) is 0. The molecule has 3 rings (SSSR count). The van der Waals surface area contributed by atoms with Crippen LogP contribution >= 0.6 is 0 Å². The Morgan fingerprint density at radius 3 is 2.74 bits per heavy atom. The second-order valence-electron chi connectivity index (χ2n) is 5.57. The van der Waals surface area contributed by atoms with Gasteiger partial charge in [0.05, 0.1) is 6.20 Å². The van der Waals surface area contributed by atoms with E-state index < -0.39 is 0 Å². The molecule has 1 aliphatic heterocycles. The van der Waals surface area contributed by atoms with Gasteiger partial charge in [-0.1, -0.05) is 5.21 Å². The van der Waals surface area contributed by atoms with Gasteiger partial charge in [-0.3, -0.25) is 4.79 Å². The van der Waals surface area contributed by atoms with Gasteiger partial charge in [0.2, 0.25) is 5.91 Å². The van der Waals surface area contributed by atoms with Crippen LogP contribution in [0.25, 0.3) is 0 Å². The Balaban J connectivity index is 1.58. The van der Waals surface area contributed by atoms with Crippen molar-refractivity contribution in [2.75, 3.05) is 19.6 Å². The minimum Gasteiger partial charge on any atom is -0.338 e. The molecule has 1 saturated heterocycles. The highest BCUT2D eigenvalue weighted by atomic mass is 16.2. The molecule has 1 aliphatic carbocycles. The van der Waals surface area contributed by atoms with Crippen LogP contribution in [0.1, 0.15) is 25.7 Å². The summed E-state index contributed by atoms with van der Waals surface area (Å²) in [5.74, 6) is 0.841. The lowest BCUT2D eigenvalue weighted by molar-refractivity contribution is -0.133. The molecule has 2 heterocycles. The standard InChI is InChI=1S/C13H21N5O/c19-13(10-17-8-7-15-16-17)18(12-1-2-12)9-11-3-5-14-6-4-11/h7-8,11-12,14H,1-6,9-10H2. The van der Waals surface area contributed by atoms with Gasteiger partial charge in [0.1, 0.15) is 6.54 Å². The van der Waals surface area contributed by atoms with E-state index in [2.05, 4.69) is 20.5 Å². The van der Waals surface area contributed by atoms with Crippen LogP contribution in [0.5, 0.6) is 0 Å². The summed E-state index contributed by atoms with van der Waals surface area (Å²) in [6.07, 6.45) is 8.04. The molecule has 2 fully saturated rings. The van der Waals surface area contributed by atoms with Gasteiger partial charge < -0.3 is 10.2 Å². The second kappa shape index (κ2) is 5.69. The zero-order valence-corrected chi connectivity index (χ0v) is 11.2. The lowest BCUT2D eigenvalue weighted by Crippen LogP contribution is -2.42. The van der Waals surface area contributed by atoms with Gasteiger partial charge in [-0.25, -0.2) is 4.68 Å². The maximum Gasteiger partial charge on any atom is 0.244 e. The first-order valence-corrected chi connectivity index (χ1v) is 7.17. The molecule has 1 saturated carbocycles. The fourth-order valence-corrected chi connectivity index (χ4v) is 2.73. The van der Waals surface area contributed by atoms with Crippen molar-refractivity contribution in [2.45, 2.75) is 38.3 Å². The number of piperidine rings is 1. The number of amides is 1. The molecular weight excluding hydrogens is 242 g/mol. The van der Waals surface area contributed by atoms with Crippen LogP contribution < -0.4 is 5.32 Å². The molecule has 0 aromatic carbocycles. The highest BCUT2D eigenvalue weighted by Crippen LogP contribution is 2.29. The average molecular weight is 263 g/mol. The third-order valence-corrected chi connectivity index (χ3v) is 3.99. The normalized spacial score (nSPS) is 20.4. The van der Waals surface area contributed by atoms with Crippen molar-refractivity contribution in [3.05, 3.63) is 12.4 Å². The molecule has 19 heavy (non-hydrogen) atoms. The number of nitrogens with one attached hydrogen (secondary N) is 1. The van der Waals surface area contributed by atoms with Crippen molar-refractivity contribution < 1.29 is 4.79 Å².